The van der Waals surface area contributed by atoms with Crippen molar-refractivity contribution in [2.75, 3.05) is 5.32 Å². The van der Waals surface area contributed by atoms with Crippen molar-refractivity contribution < 1.29 is 4.79 Å². The number of rotatable bonds is 1. The van der Waals surface area contributed by atoms with Crippen LogP contribution in [0.5, 0.6) is 0 Å². The zero-order chi connectivity index (χ0) is 15.9. The van der Waals surface area contributed by atoms with Gasteiger partial charge in [-0.2, -0.15) is 5.26 Å². The van der Waals surface area contributed by atoms with Gasteiger partial charge in [-0.25, -0.2) is 0 Å². The molecule has 0 unspecified atom stereocenters. The highest BCUT2D eigenvalue weighted by Gasteiger charge is 2.34. The van der Waals surface area contributed by atoms with Gasteiger partial charge >= 0.3 is 0 Å². The number of hydrogen-bond donors (Lipinski definition) is 1. The van der Waals surface area contributed by atoms with Crippen molar-refractivity contribution in [2.45, 2.75) is 38.6 Å². The summed E-state index contributed by atoms with van der Waals surface area (Å²) in [5.74, 6) is 0.687. The second-order valence-electron chi connectivity index (χ2n) is 6.67. The molecule has 0 saturated carbocycles. The number of benzene rings is 1. The highest BCUT2D eigenvalue weighted by Crippen LogP contribution is 2.42. The molecule has 0 radical (unpaired) electrons. The molecule has 1 aromatic heterocycles. The van der Waals surface area contributed by atoms with E-state index in [1.807, 2.05) is 41.1 Å². The monoisotopic (exact) mass is 293 g/mol. The predicted molar refractivity (Wildman–Crippen MR) is 85.7 cm³/mol. The number of amides is 1. The number of carbonyl (C=O) groups excluding carboxylic acids is 1. The van der Waals surface area contributed by atoms with Gasteiger partial charge in [-0.05, 0) is 26.3 Å². The third kappa shape index (κ3) is 2.29. The Morgan fingerprint density at radius 1 is 1.27 bits per heavy atom. The average molecular weight is 293 g/mol. The molecule has 0 aliphatic carbocycles. The molecule has 0 saturated heterocycles. The number of nitrogens with zero attached hydrogens (tertiary/aromatic N) is 2. The van der Waals surface area contributed by atoms with E-state index in [-0.39, 0.29) is 17.4 Å². The fourth-order valence-corrected chi connectivity index (χ4v) is 3.06. The summed E-state index contributed by atoms with van der Waals surface area (Å²) < 4.78 is 1.99. The molecule has 3 rings (SSSR count). The second kappa shape index (κ2) is 5.03. The van der Waals surface area contributed by atoms with Crippen molar-refractivity contribution in [1.29, 1.82) is 5.26 Å². The van der Waals surface area contributed by atoms with E-state index in [2.05, 4.69) is 32.2 Å². The first kappa shape index (κ1) is 14.4. The molecule has 1 atom stereocenters. The smallest absolute Gasteiger partial charge is 0.226 e. The number of anilines is 1. The van der Waals surface area contributed by atoms with Crippen LogP contribution in [0.3, 0.4) is 0 Å². The quantitative estimate of drug-likeness (QED) is 0.873. The van der Waals surface area contributed by atoms with Crippen molar-refractivity contribution >= 4 is 11.7 Å². The van der Waals surface area contributed by atoms with E-state index in [9.17, 15) is 10.1 Å². The van der Waals surface area contributed by atoms with Gasteiger partial charge in [0.1, 0.15) is 11.9 Å². The van der Waals surface area contributed by atoms with Gasteiger partial charge in [-0.1, -0.05) is 30.3 Å². The number of aromatic nitrogens is 1. The van der Waals surface area contributed by atoms with Crippen LogP contribution in [0.15, 0.2) is 36.5 Å². The second-order valence-corrected chi connectivity index (χ2v) is 6.67. The number of nitriles is 1. The number of fused-ring (bicyclic) bond motifs is 1. The summed E-state index contributed by atoms with van der Waals surface area (Å²) in [6, 6.07) is 12.2. The standard InChI is InChI=1S/C18H19N3O/c1-18(2,3)21-11-13(10-19)16-14(9-15(22)20-17(16)21)12-7-5-4-6-8-12/h4-8,11,14H,9H2,1-3H3,(H,20,22)/t14-/m1/s1. The molecular formula is C18H19N3O. The third-order valence-corrected chi connectivity index (χ3v) is 4.09. The molecule has 1 amide bonds. The largest absolute Gasteiger partial charge is 0.328 e. The summed E-state index contributed by atoms with van der Waals surface area (Å²) in [5, 5.41) is 12.5. The Labute approximate surface area is 130 Å². The molecule has 0 fully saturated rings. The lowest BCUT2D eigenvalue weighted by molar-refractivity contribution is -0.116. The maximum absolute atomic E-state index is 12.2. The van der Waals surface area contributed by atoms with E-state index in [0.717, 1.165) is 16.9 Å². The minimum Gasteiger partial charge on any atom is -0.328 e. The zero-order valence-electron chi connectivity index (χ0n) is 13.1. The molecule has 2 aromatic rings. The fraction of sp³-hybridized carbons (Fsp3) is 0.333. The van der Waals surface area contributed by atoms with Crippen LogP contribution in [0.2, 0.25) is 0 Å². The van der Waals surface area contributed by atoms with Crippen LogP contribution in [0.25, 0.3) is 0 Å². The SMILES string of the molecule is CC(C)(C)n1cc(C#N)c2c1NC(=O)C[C@@H]2c1ccccc1. The fourth-order valence-electron chi connectivity index (χ4n) is 3.06. The number of carbonyl (C=O) groups is 1. The van der Waals surface area contributed by atoms with E-state index < -0.39 is 0 Å². The minimum absolute atomic E-state index is 0.00515. The molecule has 4 heteroatoms. The lowest BCUT2D eigenvalue weighted by Crippen LogP contribution is -2.29. The van der Waals surface area contributed by atoms with Crippen molar-refractivity contribution in [3.8, 4) is 6.07 Å². The van der Waals surface area contributed by atoms with Crippen LogP contribution in [-0.2, 0) is 10.3 Å². The van der Waals surface area contributed by atoms with Gasteiger partial charge in [0, 0.05) is 29.6 Å². The molecule has 22 heavy (non-hydrogen) atoms. The maximum Gasteiger partial charge on any atom is 0.226 e. The van der Waals surface area contributed by atoms with Crippen LogP contribution in [0, 0.1) is 11.3 Å². The van der Waals surface area contributed by atoms with Crippen LogP contribution >= 0.6 is 0 Å². The maximum atomic E-state index is 12.2. The Kier molecular flexibility index (Phi) is 3.29. The molecular weight excluding hydrogens is 274 g/mol. The normalized spacial score (nSPS) is 17.5. The van der Waals surface area contributed by atoms with Crippen LogP contribution in [-0.4, -0.2) is 10.5 Å². The first-order chi connectivity index (χ1) is 10.4. The van der Waals surface area contributed by atoms with E-state index >= 15 is 0 Å². The van der Waals surface area contributed by atoms with Crippen LogP contribution < -0.4 is 5.32 Å². The van der Waals surface area contributed by atoms with E-state index in [1.54, 1.807) is 0 Å². The molecule has 2 heterocycles. The number of nitrogens with one attached hydrogen (secondary N) is 1. The lowest BCUT2D eigenvalue weighted by atomic mass is 9.85. The number of hydrogen-bond acceptors (Lipinski definition) is 2. The van der Waals surface area contributed by atoms with Gasteiger partial charge in [0.25, 0.3) is 0 Å². The van der Waals surface area contributed by atoms with Crippen molar-refractivity contribution in [3.05, 3.63) is 53.2 Å². The van der Waals surface area contributed by atoms with Crippen molar-refractivity contribution in [1.82, 2.24) is 4.57 Å². The molecule has 112 valence electrons. The van der Waals surface area contributed by atoms with Gasteiger partial charge in [0.15, 0.2) is 0 Å². The highest BCUT2D eigenvalue weighted by atomic mass is 16.1. The first-order valence-corrected chi connectivity index (χ1v) is 7.42. The van der Waals surface area contributed by atoms with E-state index in [0.29, 0.717) is 12.0 Å². The molecule has 1 aliphatic rings. The Morgan fingerprint density at radius 3 is 2.55 bits per heavy atom. The average Bonchev–Trinajstić information content (AvgIpc) is 2.86. The summed E-state index contributed by atoms with van der Waals surface area (Å²) in [7, 11) is 0. The minimum atomic E-state index is -0.203. The van der Waals surface area contributed by atoms with Gasteiger partial charge in [0.05, 0.1) is 5.56 Å². The van der Waals surface area contributed by atoms with Crippen LogP contribution in [0.1, 0.15) is 49.8 Å². The van der Waals surface area contributed by atoms with Crippen LogP contribution in [0.4, 0.5) is 5.82 Å². The summed E-state index contributed by atoms with van der Waals surface area (Å²) in [4.78, 5) is 12.2. The Bertz CT molecular complexity index is 760. The molecule has 1 N–H and O–H groups in total. The molecule has 1 aliphatic heterocycles. The topological polar surface area (TPSA) is 57.8 Å². The Morgan fingerprint density at radius 2 is 1.95 bits per heavy atom. The molecule has 1 aromatic carbocycles. The van der Waals surface area contributed by atoms with Gasteiger partial charge in [0.2, 0.25) is 5.91 Å². The van der Waals surface area contributed by atoms with Gasteiger partial charge in [-0.15, -0.1) is 0 Å². The van der Waals surface area contributed by atoms with Crippen molar-refractivity contribution in [2.24, 2.45) is 0 Å². The lowest BCUT2D eigenvalue weighted by Gasteiger charge is -2.29. The third-order valence-electron chi connectivity index (χ3n) is 4.09. The zero-order valence-corrected chi connectivity index (χ0v) is 13.1. The molecule has 4 nitrogen and oxygen atoms in total. The summed E-state index contributed by atoms with van der Waals surface area (Å²) >= 11 is 0. The van der Waals surface area contributed by atoms with E-state index in [1.165, 1.54) is 0 Å². The van der Waals surface area contributed by atoms with Gasteiger partial charge < -0.3 is 9.88 Å². The Balaban J connectivity index is 2.23. The molecule has 0 spiro atoms. The summed E-state index contributed by atoms with van der Waals surface area (Å²) in [5.41, 5.74) is 2.44. The van der Waals surface area contributed by atoms with Crippen molar-refractivity contribution in [3.63, 3.8) is 0 Å². The predicted octanol–water partition coefficient (Wildman–Crippen LogP) is 3.59. The highest BCUT2D eigenvalue weighted by molar-refractivity contribution is 5.95. The summed E-state index contributed by atoms with van der Waals surface area (Å²) in [6.45, 7) is 6.19. The summed E-state index contributed by atoms with van der Waals surface area (Å²) in [6.07, 6.45) is 2.23. The van der Waals surface area contributed by atoms with Gasteiger partial charge in [-0.3, -0.25) is 4.79 Å². The van der Waals surface area contributed by atoms with E-state index in [4.69, 9.17) is 0 Å². The first-order valence-electron chi connectivity index (χ1n) is 7.42. The molecule has 0 bridgehead atoms. The Hall–Kier alpha value is -2.54.